The van der Waals surface area contributed by atoms with Gasteiger partial charge in [-0.2, -0.15) is 0 Å². The van der Waals surface area contributed by atoms with Crippen LogP contribution in [0.15, 0.2) is 23.3 Å². The second-order valence-corrected chi connectivity index (χ2v) is 12.4. The summed E-state index contributed by atoms with van der Waals surface area (Å²) in [5.74, 6) is -0.301. The molecule has 8 heteroatoms. The Balaban J connectivity index is 1.37. The van der Waals surface area contributed by atoms with Crippen molar-refractivity contribution in [1.82, 2.24) is 9.80 Å². The fourth-order valence-electron chi connectivity index (χ4n) is 5.78. The monoisotopic (exact) mass is 578 g/mol. The largest absolute Gasteiger partial charge is 0.455 e. The molecule has 41 heavy (non-hydrogen) atoms. The number of esters is 2. The number of likely N-dealkylation sites (N-methyl/N-ethyl adjacent to an activating group) is 2. The lowest BCUT2D eigenvalue weighted by atomic mass is 10.0. The molecule has 0 radical (unpaired) electrons. The van der Waals surface area contributed by atoms with E-state index in [9.17, 15) is 19.8 Å². The van der Waals surface area contributed by atoms with E-state index in [4.69, 9.17) is 9.47 Å². The van der Waals surface area contributed by atoms with Gasteiger partial charge < -0.3 is 29.5 Å². The second-order valence-electron chi connectivity index (χ2n) is 12.4. The van der Waals surface area contributed by atoms with E-state index in [1.807, 2.05) is 26.0 Å². The van der Waals surface area contributed by atoms with Crippen LogP contribution in [0.1, 0.15) is 110 Å². The van der Waals surface area contributed by atoms with E-state index < -0.39 is 0 Å². The Bertz CT molecular complexity index is 763. The van der Waals surface area contributed by atoms with Crippen molar-refractivity contribution in [2.45, 2.75) is 135 Å². The third kappa shape index (κ3) is 15.9. The van der Waals surface area contributed by atoms with Crippen molar-refractivity contribution in [3.8, 4) is 0 Å². The van der Waals surface area contributed by atoms with Gasteiger partial charge in [0, 0.05) is 24.2 Å². The molecule has 0 aromatic heterocycles. The number of rotatable bonds is 24. The highest BCUT2D eigenvalue weighted by Crippen LogP contribution is 2.21. The average molecular weight is 579 g/mol. The summed E-state index contributed by atoms with van der Waals surface area (Å²) in [7, 11) is 4.14. The lowest BCUT2D eigenvalue weighted by molar-refractivity contribution is -0.140. The number of carbonyl (C=O) groups is 2. The van der Waals surface area contributed by atoms with Gasteiger partial charge in [0.25, 0.3) is 0 Å². The molecule has 0 bridgehead atoms. The first-order chi connectivity index (χ1) is 19.6. The van der Waals surface area contributed by atoms with Crippen LogP contribution in [0.3, 0.4) is 0 Å². The van der Waals surface area contributed by atoms with Crippen molar-refractivity contribution >= 4 is 11.9 Å². The van der Waals surface area contributed by atoms with E-state index in [0.29, 0.717) is 13.1 Å². The van der Waals surface area contributed by atoms with Crippen LogP contribution in [0.5, 0.6) is 0 Å². The fraction of sp³-hybridized carbons (Fsp3) is 0.818. The molecule has 0 fully saturated rings. The van der Waals surface area contributed by atoms with Crippen molar-refractivity contribution in [3.05, 3.63) is 23.3 Å². The van der Waals surface area contributed by atoms with E-state index in [1.54, 1.807) is 0 Å². The van der Waals surface area contributed by atoms with Gasteiger partial charge in [-0.15, -0.1) is 0 Å². The van der Waals surface area contributed by atoms with Gasteiger partial charge in [0.2, 0.25) is 0 Å². The predicted molar refractivity (Wildman–Crippen MR) is 164 cm³/mol. The maximum Gasteiger partial charge on any atom is 0.334 e. The first-order valence-corrected chi connectivity index (χ1v) is 16.2. The number of hydrogen-bond acceptors (Lipinski definition) is 8. The summed E-state index contributed by atoms with van der Waals surface area (Å²) in [5.41, 5.74) is 1.66. The molecular weight excluding hydrogens is 520 g/mol. The van der Waals surface area contributed by atoms with Gasteiger partial charge in [-0.05, 0) is 98.1 Å². The molecule has 0 aromatic carbocycles. The predicted octanol–water partition coefficient (Wildman–Crippen LogP) is 5.17. The van der Waals surface area contributed by atoms with Gasteiger partial charge in [-0.25, -0.2) is 9.59 Å². The molecule has 0 aliphatic carbocycles. The van der Waals surface area contributed by atoms with Gasteiger partial charge >= 0.3 is 11.9 Å². The third-order valence-corrected chi connectivity index (χ3v) is 8.07. The van der Waals surface area contributed by atoms with Gasteiger partial charge in [0.15, 0.2) is 0 Å². The molecule has 2 aliphatic rings. The second kappa shape index (κ2) is 20.2. The topological polar surface area (TPSA) is 99.5 Å². The molecule has 2 N–H and O–H groups in total. The van der Waals surface area contributed by atoms with Crippen molar-refractivity contribution in [3.63, 3.8) is 0 Å². The minimum atomic E-state index is -0.292. The fourth-order valence-corrected chi connectivity index (χ4v) is 5.78. The maximum atomic E-state index is 11.6. The number of unbranched alkanes of at least 4 members (excludes halogenated alkanes) is 8. The van der Waals surface area contributed by atoms with Crippen LogP contribution in [0.4, 0.5) is 0 Å². The number of cyclic esters (lactones) is 2. The highest BCUT2D eigenvalue weighted by atomic mass is 16.6. The number of ether oxygens (including phenoxy) is 2. The van der Waals surface area contributed by atoms with Crippen molar-refractivity contribution in [2.75, 3.05) is 40.3 Å². The summed E-state index contributed by atoms with van der Waals surface area (Å²) in [6, 6.07) is 0. The summed E-state index contributed by atoms with van der Waals surface area (Å²) in [5, 5.41) is 20.8. The summed E-state index contributed by atoms with van der Waals surface area (Å²) < 4.78 is 10.3. The van der Waals surface area contributed by atoms with Crippen molar-refractivity contribution in [1.29, 1.82) is 0 Å². The Morgan fingerprint density at radius 3 is 1.37 bits per heavy atom. The van der Waals surface area contributed by atoms with E-state index in [1.165, 1.54) is 0 Å². The molecule has 4 atom stereocenters. The zero-order valence-electron chi connectivity index (χ0n) is 26.3. The molecule has 2 aliphatic heterocycles. The van der Waals surface area contributed by atoms with Crippen molar-refractivity contribution in [2.24, 2.45) is 0 Å². The molecule has 236 valence electrons. The van der Waals surface area contributed by atoms with Gasteiger partial charge in [0.05, 0.1) is 12.2 Å². The Morgan fingerprint density at radius 2 is 1.00 bits per heavy atom. The highest BCUT2D eigenvalue weighted by Gasteiger charge is 2.22. The average Bonchev–Trinajstić information content (AvgIpc) is 3.40. The summed E-state index contributed by atoms with van der Waals surface area (Å²) >= 11 is 0. The van der Waals surface area contributed by atoms with Crippen LogP contribution in [0.25, 0.3) is 0 Å². The standard InChI is InChI=1S/C33H58N2O6/c1-26-22-28(32(38)40-26)16-11-7-5-9-13-18-30(36)24-34(3)20-15-21-35(4)25-31(37)19-14-10-6-8-12-17-29-23-27(2)41-33(29)39/h22-23,26-27,30-31,36-37H,5-21,24-25H2,1-4H3/t26-,27-,30?,31?/m0/s1. The van der Waals surface area contributed by atoms with Crippen LogP contribution in [0.2, 0.25) is 0 Å². The van der Waals surface area contributed by atoms with Crippen molar-refractivity contribution < 1.29 is 29.3 Å². The maximum absolute atomic E-state index is 11.6. The molecule has 0 amide bonds. The van der Waals surface area contributed by atoms with Gasteiger partial charge in [-0.1, -0.05) is 51.4 Å². The van der Waals surface area contributed by atoms with Crippen LogP contribution < -0.4 is 0 Å². The van der Waals surface area contributed by atoms with Crippen LogP contribution in [0, 0.1) is 0 Å². The summed E-state index contributed by atoms with van der Waals surface area (Å²) in [6.07, 6.45) is 18.2. The highest BCUT2D eigenvalue weighted by molar-refractivity contribution is 5.91. The summed E-state index contributed by atoms with van der Waals surface area (Å²) in [6.45, 7) is 7.04. The molecule has 0 saturated heterocycles. The summed E-state index contributed by atoms with van der Waals surface area (Å²) in [4.78, 5) is 27.6. The number of aliphatic hydroxyl groups is 2. The molecule has 8 nitrogen and oxygen atoms in total. The molecule has 0 spiro atoms. The first-order valence-electron chi connectivity index (χ1n) is 16.2. The van der Waals surface area contributed by atoms with Crippen LogP contribution >= 0.6 is 0 Å². The smallest absolute Gasteiger partial charge is 0.334 e. The first kappa shape index (κ1) is 35.5. The molecule has 2 unspecified atom stereocenters. The zero-order chi connectivity index (χ0) is 30.0. The Hall–Kier alpha value is -1.74. The normalized spacial score (nSPS) is 20.4. The molecule has 0 aromatic rings. The van der Waals surface area contributed by atoms with E-state index in [-0.39, 0.29) is 36.4 Å². The number of nitrogens with zero attached hydrogens (tertiary/aromatic N) is 2. The molecule has 2 rings (SSSR count). The Morgan fingerprint density at radius 1 is 0.634 bits per heavy atom. The molecule has 2 heterocycles. The third-order valence-electron chi connectivity index (χ3n) is 8.07. The van der Waals surface area contributed by atoms with Crippen LogP contribution in [-0.2, 0) is 19.1 Å². The minimum absolute atomic E-state index is 0.0751. The van der Waals surface area contributed by atoms with Crippen LogP contribution in [-0.4, -0.2) is 96.6 Å². The Kier molecular flexibility index (Phi) is 17.5. The number of hydrogen-bond donors (Lipinski definition) is 2. The SMILES string of the molecule is C[C@H]1C=C(CCCCCCCC(O)CN(C)CCCN(C)CC(O)CCCCCCCC2=C[C@H](C)OC2=O)C(=O)O1. The van der Waals surface area contributed by atoms with E-state index in [2.05, 4.69) is 23.9 Å². The number of aliphatic hydroxyl groups excluding tert-OH is 2. The van der Waals surface area contributed by atoms with E-state index >= 15 is 0 Å². The number of carbonyl (C=O) groups excluding carboxylic acids is 2. The lowest BCUT2D eigenvalue weighted by Crippen LogP contribution is -2.34. The van der Waals surface area contributed by atoms with Gasteiger partial charge in [0.1, 0.15) is 12.2 Å². The Labute approximate surface area is 249 Å². The van der Waals surface area contributed by atoms with E-state index in [0.717, 1.165) is 121 Å². The lowest BCUT2D eigenvalue weighted by Gasteiger charge is -2.24. The molecular formula is C33H58N2O6. The van der Waals surface area contributed by atoms with Gasteiger partial charge in [-0.3, -0.25) is 0 Å². The zero-order valence-corrected chi connectivity index (χ0v) is 26.3. The minimum Gasteiger partial charge on any atom is -0.455 e. The quantitative estimate of drug-likeness (QED) is 0.120. The molecule has 0 saturated carbocycles.